The van der Waals surface area contributed by atoms with Crippen molar-refractivity contribution in [1.82, 2.24) is 15.1 Å². The Morgan fingerprint density at radius 3 is 2.69 bits per heavy atom. The number of aromatic nitrogens is 2. The van der Waals surface area contributed by atoms with Crippen LogP contribution in [0.5, 0.6) is 0 Å². The fourth-order valence-corrected chi connectivity index (χ4v) is 4.88. The van der Waals surface area contributed by atoms with Crippen LogP contribution < -0.4 is 5.32 Å². The Morgan fingerprint density at radius 2 is 2.08 bits per heavy atom. The third kappa shape index (κ3) is 4.27. The molecule has 8 heteroatoms. The molecule has 1 unspecified atom stereocenters. The summed E-state index contributed by atoms with van der Waals surface area (Å²) >= 11 is 5.96. The number of halogens is 1. The summed E-state index contributed by atoms with van der Waals surface area (Å²) in [6.45, 7) is 2.65. The van der Waals surface area contributed by atoms with E-state index < -0.39 is 9.84 Å². The van der Waals surface area contributed by atoms with Gasteiger partial charge in [-0.2, -0.15) is 5.10 Å². The van der Waals surface area contributed by atoms with Gasteiger partial charge >= 0.3 is 0 Å². The molecule has 0 saturated carbocycles. The molecule has 1 aliphatic rings. The van der Waals surface area contributed by atoms with E-state index in [-0.39, 0.29) is 23.5 Å². The van der Waals surface area contributed by atoms with Gasteiger partial charge in [-0.25, -0.2) is 8.42 Å². The van der Waals surface area contributed by atoms with Gasteiger partial charge in [-0.3, -0.25) is 9.48 Å². The molecule has 1 atom stereocenters. The van der Waals surface area contributed by atoms with Gasteiger partial charge in [0, 0.05) is 11.6 Å². The average molecular weight is 396 g/mol. The van der Waals surface area contributed by atoms with Crippen molar-refractivity contribution in [2.24, 2.45) is 0 Å². The zero-order valence-corrected chi connectivity index (χ0v) is 16.2. The molecule has 1 saturated heterocycles. The predicted octanol–water partition coefficient (Wildman–Crippen LogP) is 3.09. The Morgan fingerprint density at radius 1 is 1.35 bits per heavy atom. The van der Waals surface area contributed by atoms with Gasteiger partial charge in [-0.1, -0.05) is 37.1 Å². The largest absolute Gasteiger partial charge is 0.351 e. The first-order chi connectivity index (χ1) is 12.4. The number of hydrogen-bond donors (Lipinski definition) is 1. The average Bonchev–Trinajstić information content (AvgIpc) is 3.19. The van der Waals surface area contributed by atoms with Crippen LogP contribution in [0.4, 0.5) is 0 Å². The number of benzene rings is 1. The van der Waals surface area contributed by atoms with E-state index in [9.17, 15) is 13.2 Å². The molecule has 140 valence electrons. The maximum Gasteiger partial charge on any atom is 0.271 e. The number of carbonyl (C=O) groups excluding carboxylic acids is 1. The Labute approximate surface area is 158 Å². The fourth-order valence-electron chi connectivity index (χ4n) is 3.06. The molecule has 6 nitrogen and oxygen atoms in total. The smallest absolute Gasteiger partial charge is 0.271 e. The molecular weight excluding hydrogens is 374 g/mol. The zero-order valence-electron chi connectivity index (χ0n) is 14.6. The van der Waals surface area contributed by atoms with Crippen LogP contribution in [0.25, 0.3) is 11.3 Å². The van der Waals surface area contributed by atoms with E-state index in [2.05, 4.69) is 17.3 Å². The van der Waals surface area contributed by atoms with E-state index in [1.807, 2.05) is 12.1 Å². The lowest BCUT2D eigenvalue weighted by Crippen LogP contribution is -2.25. The van der Waals surface area contributed by atoms with Crippen LogP contribution in [0, 0.1) is 0 Å². The van der Waals surface area contributed by atoms with Crippen LogP contribution in [0.15, 0.2) is 30.3 Å². The zero-order chi connectivity index (χ0) is 18.7. The highest BCUT2D eigenvalue weighted by molar-refractivity contribution is 7.91. The van der Waals surface area contributed by atoms with Crippen LogP contribution in [0.1, 0.15) is 42.7 Å². The molecule has 3 rings (SSSR count). The number of nitrogens with zero attached hydrogens (tertiary/aromatic N) is 2. The Hall–Kier alpha value is -1.86. The van der Waals surface area contributed by atoms with Crippen LogP contribution in [-0.4, -0.2) is 42.2 Å². The molecule has 0 radical (unpaired) electrons. The molecule has 0 spiro atoms. The molecule has 1 aromatic carbocycles. The molecular formula is C18H22ClN3O3S. The van der Waals surface area contributed by atoms with Gasteiger partial charge in [0.1, 0.15) is 0 Å². The van der Waals surface area contributed by atoms with Gasteiger partial charge in [0.15, 0.2) is 15.5 Å². The summed E-state index contributed by atoms with van der Waals surface area (Å²) in [7, 11) is -3.06. The number of sulfone groups is 1. The second-order valence-corrected chi connectivity index (χ2v) is 9.20. The number of rotatable bonds is 6. The SMILES string of the molecule is CCCCNC(=O)c1cc(-c2ccc(Cl)cc2)n(C2CCS(=O)(=O)C2)n1. The number of hydrogen-bond acceptors (Lipinski definition) is 4. The molecule has 2 aromatic rings. The third-order valence-electron chi connectivity index (χ3n) is 4.48. The lowest BCUT2D eigenvalue weighted by Gasteiger charge is -2.13. The summed E-state index contributed by atoms with van der Waals surface area (Å²) in [5.74, 6) is -0.0461. The van der Waals surface area contributed by atoms with Crippen LogP contribution in [0.2, 0.25) is 5.02 Å². The van der Waals surface area contributed by atoms with Crippen LogP contribution >= 0.6 is 11.6 Å². The normalized spacial score (nSPS) is 18.8. The van der Waals surface area contributed by atoms with Crippen molar-refractivity contribution in [1.29, 1.82) is 0 Å². The van der Waals surface area contributed by atoms with Crippen molar-refractivity contribution in [3.05, 3.63) is 41.0 Å². The summed E-state index contributed by atoms with van der Waals surface area (Å²) in [5, 5.41) is 7.91. The maximum absolute atomic E-state index is 12.4. The van der Waals surface area contributed by atoms with Crippen molar-refractivity contribution in [2.75, 3.05) is 18.1 Å². The lowest BCUT2D eigenvalue weighted by atomic mass is 10.1. The standard InChI is InChI=1S/C18H22ClN3O3S/c1-2-3-9-20-18(23)16-11-17(13-4-6-14(19)7-5-13)22(21-16)15-8-10-26(24,25)12-15/h4-7,11,15H,2-3,8-10,12H2,1H3,(H,20,23). The Bertz CT molecular complexity index is 891. The minimum absolute atomic E-state index is 0.0478. The predicted molar refractivity (Wildman–Crippen MR) is 102 cm³/mol. The van der Waals surface area contributed by atoms with Crippen LogP contribution in [-0.2, 0) is 9.84 Å². The molecule has 1 aromatic heterocycles. The molecule has 0 bridgehead atoms. The highest BCUT2D eigenvalue weighted by Gasteiger charge is 2.32. The Balaban J connectivity index is 1.95. The summed E-state index contributed by atoms with van der Waals surface area (Å²) in [6.07, 6.45) is 2.39. The first kappa shape index (κ1) is 18.9. The first-order valence-corrected chi connectivity index (χ1v) is 10.9. The minimum Gasteiger partial charge on any atom is -0.351 e. The summed E-state index contributed by atoms with van der Waals surface area (Å²) in [5.41, 5.74) is 1.87. The minimum atomic E-state index is -3.06. The number of carbonyl (C=O) groups is 1. The molecule has 0 aliphatic carbocycles. The van der Waals surface area contributed by atoms with Gasteiger partial charge < -0.3 is 5.32 Å². The summed E-state index contributed by atoms with van der Waals surface area (Å²) in [6, 6.07) is 8.68. The Kier molecular flexibility index (Phi) is 5.67. The molecule has 1 aliphatic heterocycles. The van der Waals surface area contributed by atoms with Gasteiger partial charge in [-0.15, -0.1) is 0 Å². The topological polar surface area (TPSA) is 81.1 Å². The van der Waals surface area contributed by atoms with Gasteiger partial charge in [0.2, 0.25) is 0 Å². The molecule has 1 fully saturated rings. The maximum atomic E-state index is 12.4. The number of amides is 1. The van der Waals surface area contributed by atoms with Crippen LogP contribution in [0.3, 0.4) is 0 Å². The van der Waals surface area contributed by atoms with Gasteiger partial charge in [-0.05, 0) is 36.6 Å². The molecule has 1 N–H and O–H groups in total. The molecule has 2 heterocycles. The summed E-state index contributed by atoms with van der Waals surface area (Å²) in [4.78, 5) is 12.4. The fraction of sp³-hybridized carbons (Fsp3) is 0.444. The van der Waals surface area contributed by atoms with Crippen molar-refractivity contribution in [3.63, 3.8) is 0 Å². The van der Waals surface area contributed by atoms with E-state index in [1.165, 1.54) is 0 Å². The van der Waals surface area contributed by atoms with E-state index >= 15 is 0 Å². The van der Waals surface area contributed by atoms with Crippen molar-refractivity contribution in [3.8, 4) is 11.3 Å². The highest BCUT2D eigenvalue weighted by Crippen LogP contribution is 2.30. The van der Waals surface area contributed by atoms with Crippen molar-refractivity contribution in [2.45, 2.75) is 32.2 Å². The second-order valence-electron chi connectivity index (χ2n) is 6.53. The second kappa shape index (κ2) is 7.80. The van der Waals surface area contributed by atoms with Crippen molar-refractivity contribution >= 4 is 27.3 Å². The van der Waals surface area contributed by atoms with E-state index in [1.54, 1.807) is 22.9 Å². The van der Waals surface area contributed by atoms with Gasteiger partial charge in [0.05, 0.1) is 23.2 Å². The lowest BCUT2D eigenvalue weighted by molar-refractivity contribution is 0.0947. The number of nitrogens with one attached hydrogen (secondary N) is 1. The monoisotopic (exact) mass is 395 g/mol. The van der Waals surface area contributed by atoms with Gasteiger partial charge in [0.25, 0.3) is 5.91 Å². The quantitative estimate of drug-likeness (QED) is 0.762. The number of unbranched alkanes of at least 4 members (excludes halogenated alkanes) is 1. The highest BCUT2D eigenvalue weighted by atomic mass is 35.5. The molecule has 1 amide bonds. The van der Waals surface area contributed by atoms with Crippen molar-refractivity contribution < 1.29 is 13.2 Å². The van der Waals surface area contributed by atoms with E-state index in [4.69, 9.17) is 11.6 Å². The summed E-state index contributed by atoms with van der Waals surface area (Å²) < 4.78 is 25.5. The first-order valence-electron chi connectivity index (χ1n) is 8.74. The van der Waals surface area contributed by atoms with E-state index in [0.717, 1.165) is 24.1 Å². The molecule has 26 heavy (non-hydrogen) atoms. The third-order valence-corrected chi connectivity index (χ3v) is 6.48. The van der Waals surface area contributed by atoms with E-state index in [0.29, 0.717) is 23.7 Å².